The fourth-order valence-electron chi connectivity index (χ4n) is 1.53. The van der Waals surface area contributed by atoms with Gasteiger partial charge < -0.3 is 4.98 Å². The van der Waals surface area contributed by atoms with Crippen LogP contribution < -0.4 is 5.43 Å². The Bertz CT molecular complexity index is 590. The Morgan fingerprint density at radius 2 is 1.88 bits per heavy atom. The van der Waals surface area contributed by atoms with Gasteiger partial charge in [-0.05, 0) is 25.1 Å². The number of hydrogen-bond donors (Lipinski definition) is 1. The van der Waals surface area contributed by atoms with Gasteiger partial charge in [-0.2, -0.15) is 0 Å². The van der Waals surface area contributed by atoms with Crippen LogP contribution in [0, 0.1) is 6.92 Å². The Balaban J connectivity index is 2.66. The van der Waals surface area contributed by atoms with Crippen LogP contribution in [-0.2, 0) is 0 Å². The first-order chi connectivity index (χ1) is 7.56. The van der Waals surface area contributed by atoms with Crippen molar-refractivity contribution in [3.63, 3.8) is 0 Å². The number of nitrogens with one attached hydrogen (secondary N) is 1. The Morgan fingerprint density at radius 3 is 2.56 bits per heavy atom. The third-order valence-electron chi connectivity index (χ3n) is 2.20. The summed E-state index contributed by atoms with van der Waals surface area (Å²) in [6, 6.07) is 8.18. The fraction of sp³-hybridized carbons (Fsp3) is 0.0833. The molecular weight excluding hydrogens is 245 g/mol. The Kier molecular flexibility index (Phi) is 3.03. The fourth-order valence-corrected chi connectivity index (χ4v) is 1.92. The summed E-state index contributed by atoms with van der Waals surface area (Å²) in [5, 5.41) is 1.15. The van der Waals surface area contributed by atoms with Gasteiger partial charge in [0, 0.05) is 33.4 Å². The van der Waals surface area contributed by atoms with Gasteiger partial charge in [-0.25, -0.2) is 0 Å². The summed E-state index contributed by atoms with van der Waals surface area (Å²) in [5.74, 6) is 0. The highest BCUT2D eigenvalue weighted by atomic mass is 35.5. The normalized spacial score (nSPS) is 10.4. The molecule has 0 fully saturated rings. The van der Waals surface area contributed by atoms with E-state index >= 15 is 0 Å². The summed E-state index contributed by atoms with van der Waals surface area (Å²) in [6.45, 7) is 1.82. The number of benzene rings is 1. The summed E-state index contributed by atoms with van der Waals surface area (Å²) < 4.78 is 0. The van der Waals surface area contributed by atoms with Crippen LogP contribution in [0.1, 0.15) is 5.69 Å². The monoisotopic (exact) mass is 253 g/mol. The highest BCUT2D eigenvalue weighted by molar-refractivity contribution is 6.35. The molecule has 0 aliphatic carbocycles. The predicted molar refractivity (Wildman–Crippen MR) is 67.3 cm³/mol. The van der Waals surface area contributed by atoms with Gasteiger partial charge in [0.05, 0.1) is 5.69 Å². The first-order valence-electron chi connectivity index (χ1n) is 4.72. The molecule has 16 heavy (non-hydrogen) atoms. The van der Waals surface area contributed by atoms with Crippen LogP contribution in [-0.4, -0.2) is 4.98 Å². The largest absolute Gasteiger partial charge is 0.358 e. The molecule has 1 aromatic carbocycles. The minimum absolute atomic E-state index is 0.0534. The van der Waals surface area contributed by atoms with E-state index in [0.29, 0.717) is 15.7 Å². The molecule has 82 valence electrons. The van der Waals surface area contributed by atoms with E-state index in [-0.39, 0.29) is 5.43 Å². The molecule has 0 radical (unpaired) electrons. The smallest absolute Gasteiger partial charge is 0.182 e. The third kappa shape index (κ3) is 2.29. The third-order valence-corrected chi connectivity index (χ3v) is 2.76. The molecule has 0 bridgehead atoms. The number of aryl methyl sites for hydroxylation is 1. The van der Waals surface area contributed by atoms with Crippen molar-refractivity contribution < 1.29 is 0 Å². The number of halogens is 2. The van der Waals surface area contributed by atoms with E-state index in [1.165, 1.54) is 12.1 Å². The van der Waals surface area contributed by atoms with E-state index in [4.69, 9.17) is 23.2 Å². The zero-order valence-electron chi connectivity index (χ0n) is 8.55. The minimum atomic E-state index is -0.0534. The molecule has 0 atom stereocenters. The van der Waals surface area contributed by atoms with Gasteiger partial charge in [0.25, 0.3) is 0 Å². The van der Waals surface area contributed by atoms with Crippen LogP contribution in [0.2, 0.25) is 10.0 Å². The molecule has 1 aromatic heterocycles. The quantitative estimate of drug-likeness (QED) is 0.827. The maximum Gasteiger partial charge on any atom is 0.182 e. The van der Waals surface area contributed by atoms with Crippen LogP contribution in [0.3, 0.4) is 0 Å². The Hall–Kier alpha value is -1.25. The molecule has 0 aliphatic heterocycles. The lowest BCUT2D eigenvalue weighted by Gasteiger charge is -2.06. The predicted octanol–water partition coefficient (Wildman–Crippen LogP) is 3.66. The molecule has 0 unspecified atom stereocenters. The van der Waals surface area contributed by atoms with Crippen molar-refractivity contribution in [1.29, 1.82) is 0 Å². The molecule has 0 saturated carbocycles. The molecule has 0 aliphatic rings. The van der Waals surface area contributed by atoms with Gasteiger partial charge in [-0.15, -0.1) is 0 Å². The molecule has 0 spiro atoms. The Morgan fingerprint density at radius 1 is 1.12 bits per heavy atom. The van der Waals surface area contributed by atoms with Crippen LogP contribution in [0.5, 0.6) is 0 Å². The van der Waals surface area contributed by atoms with E-state index in [0.717, 1.165) is 11.3 Å². The second-order valence-electron chi connectivity index (χ2n) is 3.54. The van der Waals surface area contributed by atoms with E-state index in [9.17, 15) is 4.79 Å². The van der Waals surface area contributed by atoms with Gasteiger partial charge in [0.15, 0.2) is 5.43 Å². The summed E-state index contributed by atoms with van der Waals surface area (Å²) in [6.07, 6.45) is 0. The molecule has 4 heteroatoms. The zero-order valence-corrected chi connectivity index (χ0v) is 10.1. The molecule has 2 rings (SSSR count). The number of pyridine rings is 1. The number of aromatic nitrogens is 1. The van der Waals surface area contributed by atoms with Crippen molar-refractivity contribution >= 4 is 23.2 Å². The molecular formula is C12H9Cl2NO. The summed E-state index contributed by atoms with van der Waals surface area (Å²) in [5.41, 5.74) is 2.15. The van der Waals surface area contributed by atoms with Crippen molar-refractivity contribution in [2.24, 2.45) is 0 Å². The highest BCUT2D eigenvalue weighted by Crippen LogP contribution is 2.28. The summed E-state index contributed by atoms with van der Waals surface area (Å²) >= 11 is 12.0. The van der Waals surface area contributed by atoms with Gasteiger partial charge >= 0.3 is 0 Å². The van der Waals surface area contributed by atoms with Gasteiger partial charge in [0.1, 0.15) is 0 Å². The number of rotatable bonds is 1. The molecule has 2 aromatic rings. The van der Waals surface area contributed by atoms with Crippen molar-refractivity contribution in [1.82, 2.24) is 4.98 Å². The summed E-state index contributed by atoms with van der Waals surface area (Å²) in [7, 11) is 0. The van der Waals surface area contributed by atoms with Gasteiger partial charge in [0.2, 0.25) is 0 Å². The Labute approximate surface area is 103 Å². The van der Waals surface area contributed by atoms with Crippen LogP contribution in [0.4, 0.5) is 0 Å². The number of hydrogen-bond acceptors (Lipinski definition) is 1. The molecule has 0 amide bonds. The standard InChI is InChI=1S/C12H9Cl2NO/c1-7-4-9(16)6-12(15-7)10-5-8(13)2-3-11(10)14/h2-6H,1H3,(H,15,16). The molecule has 2 nitrogen and oxygen atoms in total. The van der Waals surface area contributed by atoms with Gasteiger partial charge in [-0.3, -0.25) is 4.79 Å². The zero-order chi connectivity index (χ0) is 11.7. The lowest BCUT2D eigenvalue weighted by atomic mass is 10.1. The van der Waals surface area contributed by atoms with Crippen molar-refractivity contribution in [3.8, 4) is 11.3 Å². The lowest BCUT2D eigenvalue weighted by Crippen LogP contribution is -2.01. The maximum absolute atomic E-state index is 11.4. The SMILES string of the molecule is Cc1cc(=O)cc(-c2cc(Cl)ccc2Cl)[nH]1. The van der Waals surface area contributed by atoms with E-state index < -0.39 is 0 Å². The molecule has 1 N–H and O–H groups in total. The average Bonchev–Trinajstić information content (AvgIpc) is 2.20. The van der Waals surface area contributed by atoms with Crippen molar-refractivity contribution in [2.75, 3.05) is 0 Å². The van der Waals surface area contributed by atoms with Crippen LogP contribution in [0.15, 0.2) is 35.1 Å². The van der Waals surface area contributed by atoms with E-state index in [1.54, 1.807) is 18.2 Å². The van der Waals surface area contributed by atoms with Crippen molar-refractivity contribution in [3.05, 3.63) is 56.3 Å². The van der Waals surface area contributed by atoms with E-state index in [2.05, 4.69) is 4.98 Å². The highest BCUT2D eigenvalue weighted by Gasteiger charge is 2.06. The van der Waals surface area contributed by atoms with Crippen molar-refractivity contribution in [2.45, 2.75) is 6.92 Å². The average molecular weight is 254 g/mol. The number of H-pyrrole nitrogens is 1. The molecule has 1 heterocycles. The van der Waals surface area contributed by atoms with Crippen LogP contribution in [0.25, 0.3) is 11.3 Å². The summed E-state index contributed by atoms with van der Waals surface area (Å²) in [4.78, 5) is 14.5. The first-order valence-corrected chi connectivity index (χ1v) is 5.48. The van der Waals surface area contributed by atoms with Gasteiger partial charge in [-0.1, -0.05) is 23.2 Å². The lowest BCUT2D eigenvalue weighted by molar-refractivity contribution is 1.19. The van der Waals surface area contributed by atoms with E-state index in [1.807, 2.05) is 6.92 Å². The van der Waals surface area contributed by atoms with Crippen LogP contribution >= 0.6 is 23.2 Å². The first kappa shape index (κ1) is 11.2. The number of aromatic amines is 1. The molecule has 0 saturated heterocycles. The second kappa shape index (κ2) is 4.32. The minimum Gasteiger partial charge on any atom is -0.358 e. The maximum atomic E-state index is 11.4. The second-order valence-corrected chi connectivity index (χ2v) is 4.38. The topological polar surface area (TPSA) is 32.9 Å².